The van der Waals surface area contributed by atoms with Crippen LogP contribution in [0.15, 0.2) is 22.7 Å². The molecule has 1 aliphatic carbocycles. The Morgan fingerprint density at radius 2 is 2.00 bits per heavy atom. The molecule has 0 aromatic heterocycles. The van der Waals surface area contributed by atoms with Gasteiger partial charge in [0.05, 0.1) is 5.69 Å². The van der Waals surface area contributed by atoms with E-state index in [4.69, 9.17) is 5.73 Å². The third kappa shape index (κ3) is 3.96. The van der Waals surface area contributed by atoms with Gasteiger partial charge in [-0.25, -0.2) is 0 Å². The molecule has 0 spiro atoms. The predicted octanol–water partition coefficient (Wildman–Crippen LogP) is 4.48. The Hall–Kier alpha value is -0.540. The third-order valence-corrected chi connectivity index (χ3v) is 4.38. The van der Waals surface area contributed by atoms with Crippen LogP contribution in [0.5, 0.6) is 0 Å². The molecule has 3 heteroatoms. The first kappa shape index (κ1) is 14.9. The zero-order valence-corrected chi connectivity index (χ0v) is 13.8. The van der Waals surface area contributed by atoms with Gasteiger partial charge in [0.2, 0.25) is 0 Å². The van der Waals surface area contributed by atoms with Crippen molar-refractivity contribution in [2.24, 2.45) is 11.7 Å². The van der Waals surface area contributed by atoms with E-state index >= 15 is 0 Å². The Morgan fingerprint density at radius 3 is 2.47 bits per heavy atom. The van der Waals surface area contributed by atoms with Crippen LogP contribution in [0.3, 0.4) is 0 Å². The first-order valence-corrected chi connectivity index (χ1v) is 8.10. The number of rotatable bonds is 6. The van der Waals surface area contributed by atoms with E-state index in [9.17, 15) is 0 Å². The SMILES string of the molecule is CC(C)CCN(c1ccc(C(C)N)cc1Br)C1CC1. The van der Waals surface area contributed by atoms with E-state index in [1.54, 1.807) is 0 Å². The van der Waals surface area contributed by atoms with Crippen LogP contribution in [0.25, 0.3) is 0 Å². The summed E-state index contributed by atoms with van der Waals surface area (Å²) in [6.07, 6.45) is 3.91. The fraction of sp³-hybridized carbons (Fsp3) is 0.625. The van der Waals surface area contributed by atoms with Crippen LogP contribution in [0.2, 0.25) is 0 Å². The Kier molecular flexibility index (Phi) is 4.91. The summed E-state index contributed by atoms with van der Waals surface area (Å²) in [6.45, 7) is 7.76. The van der Waals surface area contributed by atoms with E-state index in [-0.39, 0.29) is 6.04 Å². The van der Waals surface area contributed by atoms with E-state index in [0.29, 0.717) is 0 Å². The highest BCUT2D eigenvalue weighted by atomic mass is 79.9. The molecular formula is C16H25BrN2. The van der Waals surface area contributed by atoms with Gasteiger partial charge in [0, 0.05) is 23.1 Å². The van der Waals surface area contributed by atoms with Crippen molar-refractivity contribution in [2.75, 3.05) is 11.4 Å². The quantitative estimate of drug-likeness (QED) is 0.835. The van der Waals surface area contributed by atoms with Crippen LogP contribution in [0.1, 0.15) is 51.6 Å². The number of nitrogens with two attached hydrogens (primary N) is 1. The molecule has 1 fully saturated rings. The molecule has 1 atom stereocenters. The minimum atomic E-state index is 0.0930. The molecule has 0 radical (unpaired) electrons. The lowest BCUT2D eigenvalue weighted by atomic mass is 10.1. The van der Waals surface area contributed by atoms with Crippen LogP contribution >= 0.6 is 15.9 Å². The lowest BCUT2D eigenvalue weighted by Gasteiger charge is -2.27. The maximum atomic E-state index is 5.94. The van der Waals surface area contributed by atoms with Crippen LogP contribution in [-0.4, -0.2) is 12.6 Å². The average Bonchev–Trinajstić information content (AvgIpc) is 3.14. The smallest absolute Gasteiger partial charge is 0.0513 e. The number of hydrogen-bond acceptors (Lipinski definition) is 2. The van der Waals surface area contributed by atoms with E-state index in [0.717, 1.165) is 18.5 Å². The highest BCUT2D eigenvalue weighted by Gasteiger charge is 2.30. The molecule has 1 aliphatic rings. The molecule has 19 heavy (non-hydrogen) atoms. The lowest BCUT2D eigenvalue weighted by molar-refractivity contribution is 0.570. The second kappa shape index (κ2) is 6.27. The van der Waals surface area contributed by atoms with Gasteiger partial charge in [-0.05, 0) is 65.7 Å². The zero-order chi connectivity index (χ0) is 14.0. The van der Waals surface area contributed by atoms with Gasteiger partial charge in [-0.2, -0.15) is 0 Å². The van der Waals surface area contributed by atoms with Crippen LogP contribution in [0.4, 0.5) is 5.69 Å². The van der Waals surface area contributed by atoms with Crippen molar-refractivity contribution in [3.63, 3.8) is 0 Å². The van der Waals surface area contributed by atoms with Gasteiger partial charge in [-0.1, -0.05) is 19.9 Å². The zero-order valence-electron chi connectivity index (χ0n) is 12.2. The third-order valence-electron chi connectivity index (χ3n) is 3.74. The fourth-order valence-electron chi connectivity index (χ4n) is 2.32. The average molecular weight is 325 g/mol. The van der Waals surface area contributed by atoms with Crippen molar-refractivity contribution < 1.29 is 0 Å². The van der Waals surface area contributed by atoms with Crippen molar-refractivity contribution in [1.82, 2.24) is 0 Å². The molecular weight excluding hydrogens is 300 g/mol. The van der Waals surface area contributed by atoms with Crippen molar-refractivity contribution in [3.05, 3.63) is 28.2 Å². The predicted molar refractivity (Wildman–Crippen MR) is 86.6 cm³/mol. The van der Waals surface area contributed by atoms with Gasteiger partial charge < -0.3 is 10.6 Å². The first-order chi connectivity index (χ1) is 8.99. The van der Waals surface area contributed by atoms with Crippen molar-refractivity contribution >= 4 is 21.6 Å². The van der Waals surface area contributed by atoms with Gasteiger partial charge in [0.15, 0.2) is 0 Å². The van der Waals surface area contributed by atoms with E-state index in [2.05, 4.69) is 52.9 Å². The summed E-state index contributed by atoms with van der Waals surface area (Å²) in [5, 5.41) is 0. The van der Waals surface area contributed by atoms with Crippen LogP contribution < -0.4 is 10.6 Å². The molecule has 2 nitrogen and oxygen atoms in total. The molecule has 0 bridgehead atoms. The van der Waals surface area contributed by atoms with E-state index in [1.807, 2.05) is 6.92 Å². The van der Waals surface area contributed by atoms with Gasteiger partial charge in [-0.3, -0.25) is 0 Å². The summed E-state index contributed by atoms with van der Waals surface area (Å²) in [4.78, 5) is 2.56. The molecule has 0 aliphatic heterocycles. The van der Waals surface area contributed by atoms with Gasteiger partial charge >= 0.3 is 0 Å². The molecule has 1 aromatic rings. The van der Waals surface area contributed by atoms with E-state index in [1.165, 1.54) is 35.0 Å². The molecule has 1 aromatic carbocycles. The highest BCUT2D eigenvalue weighted by molar-refractivity contribution is 9.10. The molecule has 2 N–H and O–H groups in total. The fourth-order valence-corrected chi connectivity index (χ4v) is 2.95. The topological polar surface area (TPSA) is 29.3 Å². The van der Waals surface area contributed by atoms with Crippen molar-refractivity contribution in [3.8, 4) is 0 Å². The Bertz CT molecular complexity index is 425. The molecule has 0 heterocycles. The second-order valence-electron chi connectivity index (χ2n) is 6.11. The standard InChI is InChI=1S/C16H25BrN2/c1-11(2)8-9-19(14-5-6-14)16-7-4-13(12(3)18)10-15(16)17/h4,7,10-12,14H,5-6,8-9,18H2,1-3H3. The number of hydrogen-bond donors (Lipinski definition) is 1. The normalized spacial score (nSPS) is 16.7. The number of nitrogens with zero attached hydrogens (tertiary/aromatic N) is 1. The number of benzene rings is 1. The highest BCUT2D eigenvalue weighted by Crippen LogP contribution is 2.37. The van der Waals surface area contributed by atoms with E-state index < -0.39 is 0 Å². The minimum absolute atomic E-state index is 0.0930. The van der Waals surface area contributed by atoms with Crippen LogP contribution in [-0.2, 0) is 0 Å². The summed E-state index contributed by atoms with van der Waals surface area (Å²) in [5.74, 6) is 0.753. The Morgan fingerprint density at radius 1 is 1.32 bits per heavy atom. The monoisotopic (exact) mass is 324 g/mol. The van der Waals surface area contributed by atoms with Crippen molar-refractivity contribution in [2.45, 2.75) is 52.1 Å². The number of halogens is 1. The summed E-state index contributed by atoms with van der Waals surface area (Å²) < 4.78 is 1.18. The summed E-state index contributed by atoms with van der Waals surface area (Å²) in [6, 6.07) is 7.40. The molecule has 106 valence electrons. The molecule has 0 amide bonds. The summed E-state index contributed by atoms with van der Waals surface area (Å²) >= 11 is 3.72. The van der Waals surface area contributed by atoms with Gasteiger partial charge in [-0.15, -0.1) is 0 Å². The Balaban J connectivity index is 2.17. The van der Waals surface area contributed by atoms with Gasteiger partial charge in [0.1, 0.15) is 0 Å². The Labute approximate surface area is 125 Å². The van der Waals surface area contributed by atoms with Crippen molar-refractivity contribution in [1.29, 1.82) is 0 Å². The molecule has 1 unspecified atom stereocenters. The van der Waals surface area contributed by atoms with Crippen LogP contribution in [0, 0.1) is 5.92 Å². The first-order valence-electron chi connectivity index (χ1n) is 7.30. The lowest BCUT2D eigenvalue weighted by Crippen LogP contribution is -2.28. The largest absolute Gasteiger partial charge is 0.368 e. The second-order valence-corrected chi connectivity index (χ2v) is 6.96. The summed E-state index contributed by atoms with van der Waals surface area (Å²) in [7, 11) is 0. The minimum Gasteiger partial charge on any atom is -0.368 e. The molecule has 2 rings (SSSR count). The van der Waals surface area contributed by atoms with Gasteiger partial charge in [0.25, 0.3) is 0 Å². The maximum absolute atomic E-state index is 5.94. The molecule has 1 saturated carbocycles. The number of anilines is 1. The summed E-state index contributed by atoms with van der Waals surface area (Å²) in [5.41, 5.74) is 8.46. The maximum Gasteiger partial charge on any atom is 0.0513 e. The molecule has 0 saturated heterocycles.